The first-order chi connectivity index (χ1) is 8.05. The summed E-state index contributed by atoms with van der Waals surface area (Å²) in [5.41, 5.74) is 3.97. The van der Waals surface area contributed by atoms with Crippen LogP contribution in [0.15, 0.2) is 30.5 Å². The lowest BCUT2D eigenvalue weighted by molar-refractivity contribution is 0.590. The first-order valence-electron chi connectivity index (χ1n) is 6.00. The van der Waals surface area contributed by atoms with Gasteiger partial charge in [-0.25, -0.2) is 0 Å². The second kappa shape index (κ2) is 4.70. The monoisotopic (exact) mass is 229 g/mol. The Kier molecular flexibility index (Phi) is 3.27. The Morgan fingerprint density at radius 3 is 2.29 bits per heavy atom. The van der Waals surface area contributed by atoms with E-state index < -0.39 is 0 Å². The van der Waals surface area contributed by atoms with Crippen LogP contribution in [0.5, 0.6) is 0 Å². The quantitative estimate of drug-likeness (QED) is 0.879. The smallest absolute Gasteiger partial charge is 0.0828 e. The molecule has 17 heavy (non-hydrogen) atoms. The van der Waals surface area contributed by atoms with Crippen LogP contribution in [0.1, 0.15) is 37.6 Å². The Balaban J connectivity index is 1.99. The first-order valence-corrected chi connectivity index (χ1v) is 6.00. The summed E-state index contributed by atoms with van der Waals surface area (Å²) in [6.07, 6.45) is 3.73. The maximum Gasteiger partial charge on any atom is 0.0828 e. The van der Waals surface area contributed by atoms with Crippen LogP contribution < -0.4 is 0 Å². The number of benzene rings is 1. The van der Waals surface area contributed by atoms with Gasteiger partial charge in [-0.2, -0.15) is 15.4 Å². The van der Waals surface area contributed by atoms with Crippen molar-refractivity contribution in [2.24, 2.45) is 0 Å². The van der Waals surface area contributed by atoms with E-state index in [0.717, 1.165) is 18.5 Å². The van der Waals surface area contributed by atoms with Crippen molar-refractivity contribution < 1.29 is 0 Å². The minimum absolute atomic E-state index is 0.227. The van der Waals surface area contributed by atoms with Gasteiger partial charge in [0.1, 0.15) is 0 Å². The zero-order valence-electron chi connectivity index (χ0n) is 10.7. The lowest BCUT2D eigenvalue weighted by Crippen LogP contribution is -2.10. The predicted molar refractivity (Wildman–Crippen MR) is 68.9 cm³/mol. The van der Waals surface area contributed by atoms with Crippen molar-refractivity contribution in [2.45, 2.75) is 39.0 Å². The molecule has 2 aromatic rings. The molecule has 0 aliphatic heterocycles. The molecule has 0 spiro atoms. The number of hydrogen-bond acceptors (Lipinski definition) is 2. The van der Waals surface area contributed by atoms with Crippen LogP contribution in [0.4, 0.5) is 0 Å². The molecule has 0 bridgehead atoms. The average molecular weight is 229 g/mol. The Hall–Kier alpha value is -1.64. The molecule has 0 radical (unpaired) electrons. The molecule has 0 saturated heterocycles. The molecule has 0 atom stereocenters. The summed E-state index contributed by atoms with van der Waals surface area (Å²) in [4.78, 5) is 0. The van der Waals surface area contributed by atoms with Crippen LogP contribution in [0.3, 0.4) is 0 Å². The Labute approximate surface area is 102 Å². The molecule has 0 aliphatic carbocycles. The first kappa shape index (κ1) is 11.8. The normalized spacial score (nSPS) is 11.7. The topological polar surface area (TPSA) is 41.6 Å². The third-order valence-corrected chi connectivity index (χ3v) is 2.95. The summed E-state index contributed by atoms with van der Waals surface area (Å²) in [7, 11) is 0. The zero-order chi connectivity index (χ0) is 12.3. The summed E-state index contributed by atoms with van der Waals surface area (Å²) in [5, 5.41) is 10.5. The van der Waals surface area contributed by atoms with E-state index >= 15 is 0 Å². The Morgan fingerprint density at radius 2 is 1.76 bits per heavy atom. The molecule has 0 saturated carbocycles. The third-order valence-electron chi connectivity index (χ3n) is 2.95. The van der Waals surface area contributed by atoms with E-state index in [1.54, 1.807) is 6.20 Å². The lowest BCUT2D eigenvalue weighted by atomic mass is 9.86. The Bertz CT molecular complexity index is 449. The maximum atomic E-state index is 4.05. The second-order valence-corrected chi connectivity index (χ2v) is 5.41. The number of nitrogens with one attached hydrogen (secondary N) is 1. The van der Waals surface area contributed by atoms with Gasteiger partial charge in [0.15, 0.2) is 0 Å². The second-order valence-electron chi connectivity index (χ2n) is 5.41. The molecular weight excluding hydrogens is 210 g/mol. The molecule has 1 N–H and O–H groups in total. The molecule has 90 valence electrons. The van der Waals surface area contributed by atoms with Gasteiger partial charge in [0.2, 0.25) is 0 Å². The molecule has 0 fully saturated rings. The number of H-pyrrole nitrogens is 1. The van der Waals surface area contributed by atoms with Crippen LogP contribution in [0.25, 0.3) is 0 Å². The highest BCUT2D eigenvalue weighted by atomic mass is 15.3. The molecular formula is C14H19N3. The fourth-order valence-corrected chi connectivity index (χ4v) is 1.79. The number of aromatic nitrogens is 3. The number of rotatable bonds is 3. The summed E-state index contributed by atoms with van der Waals surface area (Å²) >= 11 is 0. The van der Waals surface area contributed by atoms with Crippen LogP contribution in [-0.4, -0.2) is 15.4 Å². The van der Waals surface area contributed by atoms with Crippen LogP contribution >= 0.6 is 0 Å². The summed E-state index contributed by atoms with van der Waals surface area (Å²) in [5.74, 6) is 0. The van der Waals surface area contributed by atoms with Crippen LogP contribution in [-0.2, 0) is 18.3 Å². The van der Waals surface area contributed by atoms with Gasteiger partial charge in [-0.05, 0) is 29.4 Å². The van der Waals surface area contributed by atoms with Crippen LogP contribution in [0, 0.1) is 0 Å². The third kappa shape index (κ3) is 3.16. The SMILES string of the molecule is CC(C)(C)c1ccc(CCc2cn[nH]n2)cc1. The van der Waals surface area contributed by atoms with Gasteiger partial charge in [-0.1, -0.05) is 45.0 Å². The van der Waals surface area contributed by atoms with E-state index in [1.165, 1.54) is 11.1 Å². The molecule has 0 amide bonds. The highest BCUT2D eigenvalue weighted by Gasteiger charge is 2.12. The number of aryl methyl sites for hydroxylation is 2. The molecule has 1 aromatic heterocycles. The van der Waals surface area contributed by atoms with E-state index in [2.05, 4.69) is 60.4 Å². The Morgan fingerprint density at radius 1 is 1.06 bits per heavy atom. The lowest BCUT2D eigenvalue weighted by Gasteiger charge is -2.19. The van der Waals surface area contributed by atoms with E-state index in [-0.39, 0.29) is 5.41 Å². The van der Waals surface area contributed by atoms with Crippen LogP contribution in [0.2, 0.25) is 0 Å². The van der Waals surface area contributed by atoms with Crippen molar-refractivity contribution in [3.8, 4) is 0 Å². The summed E-state index contributed by atoms with van der Waals surface area (Å²) < 4.78 is 0. The van der Waals surface area contributed by atoms with Gasteiger partial charge in [0.25, 0.3) is 0 Å². The summed E-state index contributed by atoms with van der Waals surface area (Å²) in [6, 6.07) is 8.86. The molecule has 1 heterocycles. The van der Waals surface area contributed by atoms with E-state index in [4.69, 9.17) is 0 Å². The molecule has 3 heteroatoms. The van der Waals surface area contributed by atoms with Crippen molar-refractivity contribution in [2.75, 3.05) is 0 Å². The predicted octanol–water partition coefficient (Wildman–Crippen LogP) is 2.89. The van der Waals surface area contributed by atoms with E-state index in [1.807, 2.05) is 0 Å². The van der Waals surface area contributed by atoms with E-state index in [9.17, 15) is 0 Å². The van der Waals surface area contributed by atoms with E-state index in [0.29, 0.717) is 0 Å². The molecule has 1 aromatic carbocycles. The van der Waals surface area contributed by atoms with Gasteiger partial charge in [0.05, 0.1) is 11.9 Å². The fraction of sp³-hybridized carbons (Fsp3) is 0.429. The number of aromatic amines is 1. The molecule has 2 rings (SSSR count). The molecule has 0 unspecified atom stereocenters. The number of hydrogen-bond donors (Lipinski definition) is 1. The zero-order valence-corrected chi connectivity index (χ0v) is 10.7. The average Bonchev–Trinajstić information content (AvgIpc) is 2.78. The standard InChI is InChI=1S/C14H19N3/c1-14(2,3)12-7-4-11(5-8-12)6-9-13-10-15-17-16-13/h4-5,7-8,10H,6,9H2,1-3H3,(H,15,16,17). The highest BCUT2D eigenvalue weighted by molar-refractivity contribution is 5.27. The summed E-state index contributed by atoms with van der Waals surface area (Å²) in [6.45, 7) is 6.70. The van der Waals surface area contributed by atoms with Crippen molar-refractivity contribution in [3.05, 3.63) is 47.3 Å². The number of nitrogens with zero attached hydrogens (tertiary/aromatic N) is 2. The van der Waals surface area contributed by atoms with Gasteiger partial charge in [0, 0.05) is 0 Å². The van der Waals surface area contributed by atoms with Gasteiger partial charge in [-0.3, -0.25) is 0 Å². The molecule has 0 aliphatic rings. The van der Waals surface area contributed by atoms with Gasteiger partial charge < -0.3 is 0 Å². The maximum absolute atomic E-state index is 4.05. The van der Waals surface area contributed by atoms with Gasteiger partial charge in [-0.15, -0.1) is 0 Å². The van der Waals surface area contributed by atoms with Gasteiger partial charge >= 0.3 is 0 Å². The van der Waals surface area contributed by atoms with Crippen molar-refractivity contribution in [1.29, 1.82) is 0 Å². The van der Waals surface area contributed by atoms with Crippen molar-refractivity contribution in [3.63, 3.8) is 0 Å². The largest absolute Gasteiger partial charge is 0.198 e. The van der Waals surface area contributed by atoms with Crippen molar-refractivity contribution in [1.82, 2.24) is 15.4 Å². The molecule has 3 nitrogen and oxygen atoms in total. The minimum atomic E-state index is 0.227. The minimum Gasteiger partial charge on any atom is -0.198 e. The highest BCUT2D eigenvalue weighted by Crippen LogP contribution is 2.22. The fourth-order valence-electron chi connectivity index (χ4n) is 1.79. The van der Waals surface area contributed by atoms with Crippen molar-refractivity contribution >= 4 is 0 Å².